The minimum absolute atomic E-state index is 0.121. The van der Waals surface area contributed by atoms with Gasteiger partial charge in [-0.3, -0.25) is 9.78 Å². The molecule has 32 heavy (non-hydrogen) atoms. The molecule has 4 rings (SSSR count). The fourth-order valence-corrected chi connectivity index (χ4v) is 4.06. The maximum atomic E-state index is 12.4. The molecule has 2 N–H and O–H groups in total. The molecule has 1 unspecified atom stereocenters. The van der Waals surface area contributed by atoms with E-state index in [0.29, 0.717) is 27.5 Å². The quantitative estimate of drug-likeness (QED) is 0.504. The Hall–Kier alpha value is -3.96. The van der Waals surface area contributed by atoms with Crippen LogP contribution in [0.15, 0.2) is 47.9 Å². The molecule has 0 saturated carbocycles. The first-order valence-corrected chi connectivity index (χ1v) is 10.1. The number of aromatic nitrogens is 4. The zero-order valence-corrected chi connectivity index (χ0v) is 18.4. The number of anilines is 1. The predicted octanol–water partition coefficient (Wildman–Crippen LogP) is 3.89. The van der Waals surface area contributed by atoms with E-state index in [0.717, 1.165) is 16.7 Å². The van der Waals surface area contributed by atoms with E-state index in [1.165, 1.54) is 18.6 Å². The van der Waals surface area contributed by atoms with Crippen molar-refractivity contribution in [2.75, 3.05) is 12.8 Å². The van der Waals surface area contributed by atoms with E-state index < -0.39 is 0 Å². The van der Waals surface area contributed by atoms with Gasteiger partial charge in [0.1, 0.15) is 35.0 Å². The van der Waals surface area contributed by atoms with Gasteiger partial charge in [0.05, 0.1) is 18.7 Å². The summed E-state index contributed by atoms with van der Waals surface area (Å²) in [5.41, 5.74) is 9.55. The molecule has 0 amide bonds. The Morgan fingerprint density at radius 2 is 2.06 bits per heavy atom. The summed E-state index contributed by atoms with van der Waals surface area (Å²) >= 11 is 6.63. The summed E-state index contributed by atoms with van der Waals surface area (Å²) < 4.78 is 7.67. The highest BCUT2D eigenvalue weighted by Crippen LogP contribution is 2.43. The third-order valence-corrected chi connectivity index (χ3v) is 5.86. The second-order valence-corrected chi connectivity index (χ2v) is 7.68. The van der Waals surface area contributed by atoms with E-state index in [-0.39, 0.29) is 22.7 Å². The molecule has 0 aliphatic carbocycles. The van der Waals surface area contributed by atoms with Crippen LogP contribution in [0.25, 0.3) is 22.2 Å². The molecule has 0 spiro atoms. The summed E-state index contributed by atoms with van der Waals surface area (Å²) in [6.07, 6.45) is 6.14. The maximum absolute atomic E-state index is 12.4. The standard InChI is InChI=1S/C23H19ClN6O2/c1-12-17(24)7-16(21(32-3)19(12)15-6-14(8-25)9-27-10-15)13(2)30-5-4-18(31)20-22(26)28-11-29-23(20)30/h4-7,9-11,13H,1-3H3,(H2,26,28,29). The second kappa shape index (κ2) is 8.29. The Bertz CT molecular complexity index is 1460. The summed E-state index contributed by atoms with van der Waals surface area (Å²) in [5, 5.41) is 10.1. The van der Waals surface area contributed by atoms with Crippen molar-refractivity contribution in [1.29, 1.82) is 5.26 Å². The number of nitriles is 1. The summed E-state index contributed by atoms with van der Waals surface area (Å²) in [7, 11) is 1.58. The third kappa shape index (κ3) is 3.43. The van der Waals surface area contributed by atoms with Gasteiger partial charge in [0, 0.05) is 46.4 Å². The Balaban J connectivity index is 2.00. The molecule has 8 nitrogen and oxygen atoms in total. The van der Waals surface area contributed by atoms with Crippen molar-refractivity contribution in [1.82, 2.24) is 19.5 Å². The van der Waals surface area contributed by atoms with Gasteiger partial charge < -0.3 is 15.0 Å². The molecule has 160 valence electrons. The summed E-state index contributed by atoms with van der Waals surface area (Å²) in [6.45, 7) is 3.83. The van der Waals surface area contributed by atoms with Crippen molar-refractivity contribution in [3.8, 4) is 22.9 Å². The number of nitrogens with two attached hydrogens (primary N) is 1. The fraction of sp³-hybridized carbons (Fsp3) is 0.174. The molecule has 9 heteroatoms. The van der Waals surface area contributed by atoms with Gasteiger partial charge in [0.25, 0.3) is 0 Å². The van der Waals surface area contributed by atoms with Crippen LogP contribution in [0, 0.1) is 18.3 Å². The molecule has 0 aliphatic rings. The van der Waals surface area contributed by atoms with E-state index in [1.54, 1.807) is 25.6 Å². The van der Waals surface area contributed by atoms with E-state index in [4.69, 9.17) is 22.1 Å². The molecule has 0 fully saturated rings. The molecule has 0 saturated heterocycles. The van der Waals surface area contributed by atoms with Crippen molar-refractivity contribution in [2.45, 2.75) is 19.9 Å². The highest BCUT2D eigenvalue weighted by molar-refractivity contribution is 6.32. The molecule has 3 aromatic heterocycles. The van der Waals surface area contributed by atoms with Gasteiger partial charge in [-0.1, -0.05) is 11.6 Å². The van der Waals surface area contributed by atoms with Crippen LogP contribution in [0.1, 0.15) is 29.7 Å². The van der Waals surface area contributed by atoms with Crippen LogP contribution in [0.2, 0.25) is 5.02 Å². The Morgan fingerprint density at radius 3 is 2.78 bits per heavy atom. The zero-order valence-electron chi connectivity index (χ0n) is 17.6. The topological polar surface area (TPSA) is 120 Å². The summed E-state index contributed by atoms with van der Waals surface area (Å²) in [4.78, 5) is 24.8. The van der Waals surface area contributed by atoms with E-state index in [2.05, 4.69) is 21.0 Å². The van der Waals surface area contributed by atoms with E-state index in [1.807, 2.05) is 24.5 Å². The number of methoxy groups -OCH3 is 1. The van der Waals surface area contributed by atoms with Crippen molar-refractivity contribution >= 4 is 28.5 Å². The normalized spacial score (nSPS) is 11.8. The number of nitrogen functional groups attached to an aromatic ring is 1. The molecule has 1 aromatic carbocycles. The van der Waals surface area contributed by atoms with Crippen LogP contribution < -0.4 is 15.9 Å². The van der Waals surface area contributed by atoms with Crippen LogP contribution in [0.4, 0.5) is 5.82 Å². The summed E-state index contributed by atoms with van der Waals surface area (Å²) in [5.74, 6) is 0.709. The number of benzene rings is 1. The van der Waals surface area contributed by atoms with Crippen molar-refractivity contribution < 1.29 is 4.74 Å². The highest BCUT2D eigenvalue weighted by Gasteiger charge is 2.23. The molecule has 1 atom stereocenters. The first kappa shape index (κ1) is 21.3. The minimum Gasteiger partial charge on any atom is -0.496 e. The van der Waals surface area contributed by atoms with Crippen LogP contribution in [0.5, 0.6) is 5.75 Å². The molecule has 0 bridgehead atoms. The number of ether oxygens (including phenoxy) is 1. The van der Waals surface area contributed by atoms with Gasteiger partial charge in [0.2, 0.25) is 0 Å². The lowest BCUT2D eigenvalue weighted by Gasteiger charge is -2.24. The average Bonchev–Trinajstić information content (AvgIpc) is 2.80. The third-order valence-electron chi connectivity index (χ3n) is 5.47. The van der Waals surface area contributed by atoms with Crippen molar-refractivity contribution in [2.24, 2.45) is 0 Å². The Morgan fingerprint density at radius 1 is 1.28 bits per heavy atom. The van der Waals surface area contributed by atoms with Gasteiger partial charge in [-0.15, -0.1) is 0 Å². The molecule has 0 aliphatic heterocycles. The number of fused-ring (bicyclic) bond motifs is 1. The molecular formula is C23H19ClN6O2. The number of hydrogen-bond donors (Lipinski definition) is 1. The van der Waals surface area contributed by atoms with Crippen LogP contribution >= 0.6 is 11.6 Å². The first-order chi connectivity index (χ1) is 15.4. The van der Waals surface area contributed by atoms with Gasteiger partial charge in [0.15, 0.2) is 5.43 Å². The Labute approximate surface area is 188 Å². The fourth-order valence-electron chi connectivity index (χ4n) is 3.85. The SMILES string of the molecule is COc1c(C(C)n2ccc(=O)c3c(N)ncnc32)cc(Cl)c(C)c1-c1cncc(C#N)c1. The van der Waals surface area contributed by atoms with E-state index in [9.17, 15) is 10.1 Å². The second-order valence-electron chi connectivity index (χ2n) is 7.28. The minimum atomic E-state index is -0.327. The molecule has 0 radical (unpaired) electrons. The lowest BCUT2D eigenvalue weighted by molar-refractivity contribution is 0.405. The highest BCUT2D eigenvalue weighted by atomic mass is 35.5. The van der Waals surface area contributed by atoms with Crippen molar-refractivity contribution in [3.05, 3.63) is 75.1 Å². The summed E-state index contributed by atoms with van der Waals surface area (Å²) in [6, 6.07) is 6.79. The predicted molar refractivity (Wildman–Crippen MR) is 123 cm³/mol. The van der Waals surface area contributed by atoms with Gasteiger partial charge in [-0.25, -0.2) is 9.97 Å². The number of pyridine rings is 2. The van der Waals surface area contributed by atoms with Crippen LogP contribution in [-0.4, -0.2) is 26.6 Å². The largest absolute Gasteiger partial charge is 0.496 e. The number of rotatable bonds is 4. The monoisotopic (exact) mass is 446 g/mol. The number of hydrogen-bond acceptors (Lipinski definition) is 7. The maximum Gasteiger partial charge on any atom is 0.194 e. The lowest BCUT2D eigenvalue weighted by Crippen LogP contribution is -2.16. The number of halogens is 1. The van der Waals surface area contributed by atoms with Crippen molar-refractivity contribution in [3.63, 3.8) is 0 Å². The lowest BCUT2D eigenvalue weighted by atomic mass is 9.94. The average molecular weight is 447 g/mol. The Kier molecular flexibility index (Phi) is 5.51. The molecular weight excluding hydrogens is 428 g/mol. The van der Waals surface area contributed by atoms with Crippen LogP contribution in [0.3, 0.4) is 0 Å². The van der Waals surface area contributed by atoms with Gasteiger partial charge in [-0.05, 0) is 31.5 Å². The van der Waals surface area contributed by atoms with Crippen LogP contribution in [-0.2, 0) is 0 Å². The smallest absolute Gasteiger partial charge is 0.194 e. The van der Waals surface area contributed by atoms with Gasteiger partial charge in [-0.2, -0.15) is 5.26 Å². The molecule has 4 aromatic rings. The first-order valence-electron chi connectivity index (χ1n) is 9.71. The number of nitrogens with zero attached hydrogens (tertiary/aromatic N) is 5. The van der Waals surface area contributed by atoms with Gasteiger partial charge >= 0.3 is 0 Å². The van der Waals surface area contributed by atoms with E-state index >= 15 is 0 Å². The molecule has 3 heterocycles. The zero-order chi connectivity index (χ0) is 23.0.